The Morgan fingerprint density at radius 1 is 1.12 bits per heavy atom. The number of halogens is 1. The van der Waals surface area contributed by atoms with Crippen LogP contribution in [0.3, 0.4) is 0 Å². The third kappa shape index (κ3) is 3.39. The van der Waals surface area contributed by atoms with Gasteiger partial charge in [-0.1, -0.05) is 48.5 Å². The fourth-order valence-corrected chi connectivity index (χ4v) is 5.17. The van der Waals surface area contributed by atoms with Gasteiger partial charge in [0.15, 0.2) is 0 Å². The Morgan fingerprint density at radius 3 is 2.66 bits per heavy atom. The van der Waals surface area contributed by atoms with Gasteiger partial charge in [-0.25, -0.2) is 4.39 Å². The highest BCUT2D eigenvalue weighted by Gasteiger charge is 2.47. The topological polar surface area (TPSA) is 54.3 Å². The van der Waals surface area contributed by atoms with E-state index in [2.05, 4.69) is 5.32 Å². The summed E-state index contributed by atoms with van der Waals surface area (Å²) < 4.78 is 16.4. The maximum atomic E-state index is 14.5. The number of aromatic nitrogens is 1. The van der Waals surface area contributed by atoms with Crippen LogP contribution in [0.1, 0.15) is 28.5 Å². The number of nitrogens with zero attached hydrogens (tertiary/aromatic N) is 2. The van der Waals surface area contributed by atoms with Gasteiger partial charge in [-0.15, -0.1) is 11.3 Å². The van der Waals surface area contributed by atoms with Crippen molar-refractivity contribution >= 4 is 33.4 Å². The summed E-state index contributed by atoms with van der Waals surface area (Å²) in [7, 11) is 0. The zero-order chi connectivity index (χ0) is 22.3. The van der Waals surface area contributed by atoms with Crippen molar-refractivity contribution in [3.8, 4) is 0 Å². The van der Waals surface area contributed by atoms with E-state index in [1.165, 1.54) is 11.0 Å². The molecule has 0 aliphatic carbocycles. The first-order chi connectivity index (χ1) is 15.5. The van der Waals surface area contributed by atoms with Crippen molar-refractivity contribution in [2.24, 2.45) is 0 Å². The number of carbonyl (C=O) groups is 2. The number of thiophene rings is 1. The molecule has 5 nitrogen and oxygen atoms in total. The van der Waals surface area contributed by atoms with E-state index in [4.69, 9.17) is 0 Å². The molecule has 2 amide bonds. The molecule has 162 valence electrons. The van der Waals surface area contributed by atoms with Crippen LogP contribution < -0.4 is 5.32 Å². The van der Waals surface area contributed by atoms with E-state index >= 15 is 0 Å². The second-order valence-corrected chi connectivity index (χ2v) is 9.12. The molecule has 1 aliphatic rings. The molecule has 7 heteroatoms. The maximum Gasteiger partial charge on any atom is 0.271 e. The second-order valence-electron chi connectivity index (χ2n) is 8.22. The summed E-state index contributed by atoms with van der Waals surface area (Å²) in [6, 6.07) is 19.8. The third-order valence-corrected chi connectivity index (χ3v) is 7.05. The molecule has 0 radical (unpaired) electrons. The summed E-state index contributed by atoms with van der Waals surface area (Å²) in [5.41, 5.74) is 0.688. The SMILES string of the molecule is CC1(C(=O)NCc2ccccc2)Cn2c(cc3ccsc32)C(=O)N1Cc1ccccc1F. The fraction of sp³-hybridized carbons (Fsp3) is 0.200. The van der Waals surface area contributed by atoms with Crippen molar-refractivity contribution in [2.45, 2.75) is 32.1 Å². The lowest BCUT2D eigenvalue weighted by molar-refractivity contribution is -0.133. The lowest BCUT2D eigenvalue weighted by atomic mass is 9.93. The van der Waals surface area contributed by atoms with E-state index in [-0.39, 0.29) is 18.4 Å². The van der Waals surface area contributed by atoms with E-state index in [0.29, 0.717) is 24.3 Å². The molecule has 0 spiro atoms. The van der Waals surface area contributed by atoms with Crippen molar-refractivity contribution in [1.29, 1.82) is 0 Å². The van der Waals surface area contributed by atoms with Crippen LogP contribution in [0.5, 0.6) is 0 Å². The molecule has 0 saturated heterocycles. The molecule has 0 saturated carbocycles. The van der Waals surface area contributed by atoms with Crippen LogP contribution in [0.25, 0.3) is 10.2 Å². The van der Waals surface area contributed by atoms with E-state index < -0.39 is 11.4 Å². The molecule has 3 heterocycles. The number of hydrogen-bond acceptors (Lipinski definition) is 3. The first kappa shape index (κ1) is 20.5. The van der Waals surface area contributed by atoms with Gasteiger partial charge in [0.1, 0.15) is 21.9 Å². The number of hydrogen-bond donors (Lipinski definition) is 1. The first-order valence-corrected chi connectivity index (χ1v) is 11.3. The molecule has 1 N–H and O–H groups in total. The van der Waals surface area contributed by atoms with Crippen molar-refractivity contribution in [3.63, 3.8) is 0 Å². The van der Waals surface area contributed by atoms with Crippen LogP contribution in [-0.4, -0.2) is 26.8 Å². The zero-order valence-electron chi connectivity index (χ0n) is 17.5. The van der Waals surface area contributed by atoms with Crippen LogP contribution >= 0.6 is 11.3 Å². The number of carbonyl (C=O) groups excluding carboxylic acids is 2. The molecular weight excluding hydrogens is 425 g/mol. The molecule has 5 rings (SSSR count). The van der Waals surface area contributed by atoms with Crippen LogP contribution in [0.15, 0.2) is 72.1 Å². The largest absolute Gasteiger partial charge is 0.350 e. The van der Waals surface area contributed by atoms with Gasteiger partial charge < -0.3 is 14.8 Å². The molecule has 1 aliphatic heterocycles. The summed E-state index contributed by atoms with van der Waals surface area (Å²) in [4.78, 5) is 29.6. The van der Waals surface area contributed by atoms with Gasteiger partial charge >= 0.3 is 0 Å². The first-order valence-electron chi connectivity index (χ1n) is 10.4. The Kier molecular flexibility index (Phi) is 5.06. The third-order valence-electron chi connectivity index (χ3n) is 6.10. The van der Waals surface area contributed by atoms with Gasteiger partial charge in [-0.3, -0.25) is 9.59 Å². The van der Waals surface area contributed by atoms with Crippen molar-refractivity contribution in [2.75, 3.05) is 0 Å². The summed E-state index contributed by atoms with van der Waals surface area (Å²) in [6.07, 6.45) is 0. The minimum absolute atomic E-state index is 0.0135. The average molecular weight is 448 g/mol. The van der Waals surface area contributed by atoms with Crippen LogP contribution in [0.2, 0.25) is 0 Å². The normalized spacial score (nSPS) is 18.1. The van der Waals surface area contributed by atoms with Crippen molar-refractivity contribution < 1.29 is 14.0 Å². The Labute approximate surface area is 189 Å². The van der Waals surface area contributed by atoms with E-state index in [9.17, 15) is 14.0 Å². The van der Waals surface area contributed by atoms with E-state index in [1.54, 1.807) is 36.5 Å². The van der Waals surface area contributed by atoms with Gasteiger partial charge in [0.05, 0.1) is 13.1 Å². The van der Waals surface area contributed by atoms with Crippen molar-refractivity contribution in [3.05, 3.63) is 94.7 Å². The Bertz CT molecular complexity index is 1310. The molecule has 2 aromatic heterocycles. The molecule has 0 bridgehead atoms. The lowest BCUT2D eigenvalue weighted by Crippen LogP contribution is -2.63. The fourth-order valence-electron chi connectivity index (χ4n) is 4.27. The number of amides is 2. The standard InChI is InChI=1S/C25H22FN3O2S/c1-25(24(31)27-14-17-7-3-2-4-8-17)16-28-21(13-18-11-12-32-23(18)28)22(30)29(25)15-19-9-5-6-10-20(19)26/h2-13H,14-16H2,1H3,(H,27,31). The van der Waals surface area contributed by atoms with Crippen LogP contribution in [0.4, 0.5) is 4.39 Å². The summed E-state index contributed by atoms with van der Waals surface area (Å²) in [5, 5.41) is 5.93. The van der Waals surface area contributed by atoms with Crippen LogP contribution in [-0.2, 0) is 24.4 Å². The Balaban J connectivity index is 1.53. The minimum atomic E-state index is -1.18. The number of nitrogens with one attached hydrogen (secondary N) is 1. The number of fused-ring (bicyclic) bond motifs is 3. The predicted octanol–water partition coefficient (Wildman–Crippen LogP) is 4.57. The highest BCUT2D eigenvalue weighted by molar-refractivity contribution is 7.16. The monoisotopic (exact) mass is 447 g/mol. The summed E-state index contributed by atoms with van der Waals surface area (Å²) in [6.45, 7) is 2.42. The van der Waals surface area contributed by atoms with Gasteiger partial charge in [-0.2, -0.15) is 0 Å². The zero-order valence-corrected chi connectivity index (χ0v) is 18.4. The Hall–Kier alpha value is -3.45. The molecule has 1 unspecified atom stereocenters. The van der Waals surface area contributed by atoms with Gasteiger partial charge in [0, 0.05) is 17.5 Å². The summed E-state index contributed by atoms with van der Waals surface area (Å²) in [5.74, 6) is -0.940. The summed E-state index contributed by atoms with van der Waals surface area (Å²) >= 11 is 1.54. The lowest BCUT2D eigenvalue weighted by Gasteiger charge is -2.44. The van der Waals surface area contributed by atoms with Crippen LogP contribution in [0, 0.1) is 5.82 Å². The highest BCUT2D eigenvalue weighted by Crippen LogP contribution is 2.35. The van der Waals surface area contributed by atoms with Crippen molar-refractivity contribution in [1.82, 2.24) is 14.8 Å². The quantitative estimate of drug-likeness (QED) is 0.487. The molecule has 1 atom stereocenters. The second kappa shape index (κ2) is 7.91. The average Bonchev–Trinajstić information content (AvgIpc) is 3.39. The van der Waals surface area contributed by atoms with Gasteiger partial charge in [-0.05, 0) is 36.1 Å². The van der Waals surface area contributed by atoms with Gasteiger partial charge in [0.2, 0.25) is 5.91 Å². The molecule has 0 fully saturated rings. The molecular formula is C25H22FN3O2S. The smallest absolute Gasteiger partial charge is 0.271 e. The molecule has 32 heavy (non-hydrogen) atoms. The number of benzene rings is 2. The van der Waals surface area contributed by atoms with E-state index in [0.717, 1.165) is 15.8 Å². The predicted molar refractivity (Wildman–Crippen MR) is 123 cm³/mol. The van der Waals surface area contributed by atoms with E-state index in [1.807, 2.05) is 52.4 Å². The number of rotatable bonds is 5. The molecule has 4 aromatic rings. The molecule has 2 aromatic carbocycles. The highest BCUT2D eigenvalue weighted by atomic mass is 32.1. The minimum Gasteiger partial charge on any atom is -0.350 e. The Morgan fingerprint density at radius 2 is 1.88 bits per heavy atom. The van der Waals surface area contributed by atoms with Gasteiger partial charge in [0.25, 0.3) is 5.91 Å². The maximum absolute atomic E-state index is 14.5.